The van der Waals surface area contributed by atoms with Crippen LogP contribution in [0.4, 0.5) is 0 Å². The molecular formula is C35H66O4. The van der Waals surface area contributed by atoms with E-state index in [1.165, 1.54) is 135 Å². The van der Waals surface area contributed by atoms with Crippen molar-refractivity contribution in [2.24, 2.45) is 0 Å². The molecule has 0 aromatic carbocycles. The zero-order valence-electron chi connectivity index (χ0n) is 26.7. The van der Waals surface area contributed by atoms with Crippen molar-refractivity contribution >= 4 is 11.9 Å². The molecule has 4 heteroatoms. The summed E-state index contributed by atoms with van der Waals surface area (Å²) >= 11 is 0. The maximum atomic E-state index is 11.1. The van der Waals surface area contributed by atoms with Gasteiger partial charge in [-0.2, -0.15) is 0 Å². The van der Waals surface area contributed by atoms with Gasteiger partial charge in [0, 0.05) is 11.1 Å². The van der Waals surface area contributed by atoms with Gasteiger partial charge in [0.15, 0.2) is 0 Å². The van der Waals surface area contributed by atoms with Crippen LogP contribution in [-0.2, 0) is 19.1 Å². The Bertz CT molecular complexity index is 581. The number of hydrogen-bond donors (Lipinski definition) is 0. The summed E-state index contributed by atoms with van der Waals surface area (Å²) in [5.41, 5.74) is 0.979. The van der Waals surface area contributed by atoms with Crippen molar-refractivity contribution in [2.75, 3.05) is 13.2 Å². The molecule has 0 aromatic rings. The highest BCUT2D eigenvalue weighted by atomic mass is 16.5. The largest absolute Gasteiger partial charge is 0.462 e. The second kappa shape index (κ2) is 32.6. The quantitative estimate of drug-likeness (QED) is 0.0579. The fraction of sp³-hybridized carbons (Fsp3) is 0.829. The highest BCUT2D eigenvalue weighted by Gasteiger charge is 2.02. The molecule has 0 N–H and O–H groups in total. The van der Waals surface area contributed by atoms with E-state index in [4.69, 9.17) is 9.47 Å². The van der Waals surface area contributed by atoms with Crippen molar-refractivity contribution in [3.05, 3.63) is 24.3 Å². The Labute approximate surface area is 243 Å². The molecule has 0 saturated heterocycles. The van der Waals surface area contributed by atoms with Crippen LogP contribution in [-0.4, -0.2) is 25.2 Å². The maximum absolute atomic E-state index is 11.1. The number of carbonyl (C=O) groups is 2. The summed E-state index contributed by atoms with van der Waals surface area (Å²) in [5.74, 6) is -0.514. The first kappa shape index (κ1) is 39.6. The van der Waals surface area contributed by atoms with Gasteiger partial charge in [-0.3, -0.25) is 0 Å². The average molecular weight is 551 g/mol. The Hall–Kier alpha value is -1.58. The van der Waals surface area contributed by atoms with Gasteiger partial charge in [-0.15, -0.1) is 0 Å². The zero-order chi connectivity index (χ0) is 29.4. The molecule has 0 aromatic heterocycles. The molecule has 39 heavy (non-hydrogen) atoms. The van der Waals surface area contributed by atoms with E-state index in [0.29, 0.717) is 24.4 Å². The Morgan fingerprint density at radius 2 is 0.615 bits per heavy atom. The molecule has 0 radical (unpaired) electrons. The highest BCUT2D eigenvalue weighted by Crippen LogP contribution is 2.13. The third-order valence-corrected chi connectivity index (χ3v) is 6.91. The fourth-order valence-corrected chi connectivity index (χ4v) is 4.29. The molecule has 0 saturated carbocycles. The van der Waals surface area contributed by atoms with Crippen molar-refractivity contribution in [1.29, 1.82) is 0 Å². The SMILES string of the molecule is C=C(C)C(=O)OCCCCCCCCCCCCC.C=C(C)C(=O)OCCCCCCCCCCCCCC. The van der Waals surface area contributed by atoms with Crippen LogP contribution in [0.25, 0.3) is 0 Å². The van der Waals surface area contributed by atoms with E-state index in [9.17, 15) is 9.59 Å². The molecular weight excluding hydrogens is 484 g/mol. The Kier molecular flexibility index (Phi) is 33.1. The van der Waals surface area contributed by atoms with Crippen LogP contribution in [0, 0.1) is 0 Å². The van der Waals surface area contributed by atoms with Crippen LogP contribution in [0.2, 0.25) is 0 Å². The van der Waals surface area contributed by atoms with Crippen molar-refractivity contribution < 1.29 is 19.1 Å². The first-order valence-corrected chi connectivity index (χ1v) is 16.5. The summed E-state index contributed by atoms with van der Waals surface area (Å²) in [5, 5.41) is 0. The molecule has 0 heterocycles. The van der Waals surface area contributed by atoms with E-state index in [2.05, 4.69) is 27.0 Å². The van der Waals surface area contributed by atoms with Gasteiger partial charge in [0.05, 0.1) is 13.2 Å². The second-order valence-electron chi connectivity index (χ2n) is 11.3. The normalized spacial score (nSPS) is 10.5. The summed E-state index contributed by atoms with van der Waals surface area (Å²) in [7, 11) is 0. The minimum absolute atomic E-state index is 0.256. The van der Waals surface area contributed by atoms with Crippen LogP contribution < -0.4 is 0 Å². The molecule has 0 aliphatic rings. The number of hydrogen-bond acceptors (Lipinski definition) is 4. The van der Waals surface area contributed by atoms with Crippen LogP contribution >= 0.6 is 0 Å². The third kappa shape index (κ3) is 34.4. The predicted molar refractivity (Wildman–Crippen MR) is 169 cm³/mol. The van der Waals surface area contributed by atoms with Gasteiger partial charge in [-0.1, -0.05) is 162 Å². The van der Waals surface area contributed by atoms with E-state index >= 15 is 0 Å². The Balaban J connectivity index is 0. The standard InChI is InChI=1S/C18H34O2.C17H32O2/c1-4-5-6-7-8-9-10-11-12-13-14-15-16-20-18(19)17(2)3;1-4-5-6-7-8-9-10-11-12-13-14-15-19-17(18)16(2)3/h2,4-16H2,1,3H3;2,4-15H2,1,3H3. The first-order chi connectivity index (χ1) is 18.9. The maximum Gasteiger partial charge on any atom is 0.333 e. The van der Waals surface area contributed by atoms with Crippen molar-refractivity contribution in [2.45, 2.75) is 175 Å². The Morgan fingerprint density at radius 3 is 0.821 bits per heavy atom. The smallest absolute Gasteiger partial charge is 0.333 e. The number of carbonyl (C=O) groups excluding carboxylic acids is 2. The lowest BCUT2D eigenvalue weighted by atomic mass is 10.1. The van der Waals surface area contributed by atoms with Crippen molar-refractivity contribution in [3.8, 4) is 0 Å². The molecule has 0 atom stereocenters. The van der Waals surface area contributed by atoms with Crippen LogP contribution in [0.5, 0.6) is 0 Å². The van der Waals surface area contributed by atoms with Crippen LogP contribution in [0.15, 0.2) is 24.3 Å². The minimum Gasteiger partial charge on any atom is -0.462 e. The summed E-state index contributed by atoms with van der Waals surface area (Å²) < 4.78 is 10.1. The fourth-order valence-electron chi connectivity index (χ4n) is 4.29. The van der Waals surface area contributed by atoms with E-state index in [-0.39, 0.29) is 11.9 Å². The molecule has 0 aliphatic carbocycles. The predicted octanol–water partition coefficient (Wildman–Crippen LogP) is 11.2. The van der Waals surface area contributed by atoms with Crippen LogP contribution in [0.1, 0.15) is 175 Å². The molecule has 0 unspecified atom stereocenters. The zero-order valence-corrected chi connectivity index (χ0v) is 26.7. The molecule has 230 valence electrons. The van der Waals surface area contributed by atoms with E-state index < -0.39 is 0 Å². The van der Waals surface area contributed by atoms with Gasteiger partial charge in [0.2, 0.25) is 0 Å². The molecule has 0 bridgehead atoms. The summed E-state index contributed by atoms with van der Waals surface area (Å²) in [6, 6.07) is 0. The van der Waals surface area contributed by atoms with Crippen molar-refractivity contribution in [3.63, 3.8) is 0 Å². The number of esters is 2. The summed E-state index contributed by atoms with van der Waals surface area (Å²) in [6.07, 6.45) is 30.3. The summed E-state index contributed by atoms with van der Waals surface area (Å²) in [6.45, 7) is 16.1. The molecule has 0 spiro atoms. The van der Waals surface area contributed by atoms with Crippen molar-refractivity contribution in [1.82, 2.24) is 0 Å². The number of unbranched alkanes of at least 4 members (excludes halogenated alkanes) is 21. The van der Waals surface area contributed by atoms with Gasteiger partial charge in [-0.25, -0.2) is 9.59 Å². The number of ether oxygens (including phenoxy) is 2. The number of rotatable bonds is 27. The average Bonchev–Trinajstić information content (AvgIpc) is 2.91. The van der Waals surface area contributed by atoms with E-state index in [1.807, 2.05) is 0 Å². The Morgan fingerprint density at radius 1 is 0.410 bits per heavy atom. The highest BCUT2D eigenvalue weighted by molar-refractivity contribution is 5.87. The summed E-state index contributed by atoms with van der Waals surface area (Å²) in [4.78, 5) is 22.2. The molecule has 4 nitrogen and oxygen atoms in total. The monoisotopic (exact) mass is 550 g/mol. The van der Waals surface area contributed by atoms with E-state index in [1.54, 1.807) is 13.8 Å². The van der Waals surface area contributed by atoms with Gasteiger partial charge in [0.1, 0.15) is 0 Å². The van der Waals surface area contributed by atoms with E-state index in [0.717, 1.165) is 12.8 Å². The van der Waals surface area contributed by atoms with Gasteiger partial charge >= 0.3 is 11.9 Å². The van der Waals surface area contributed by atoms with Crippen LogP contribution in [0.3, 0.4) is 0 Å². The lowest BCUT2D eigenvalue weighted by molar-refractivity contribution is -0.139. The molecule has 0 aliphatic heterocycles. The van der Waals surface area contributed by atoms with Gasteiger partial charge in [0.25, 0.3) is 0 Å². The second-order valence-corrected chi connectivity index (χ2v) is 11.3. The van der Waals surface area contributed by atoms with Gasteiger partial charge < -0.3 is 9.47 Å². The topological polar surface area (TPSA) is 52.6 Å². The first-order valence-electron chi connectivity index (χ1n) is 16.5. The molecule has 0 fully saturated rings. The molecule has 0 rings (SSSR count). The lowest BCUT2D eigenvalue weighted by Crippen LogP contribution is -2.05. The lowest BCUT2D eigenvalue weighted by Gasteiger charge is -2.04. The minimum atomic E-state index is -0.257. The van der Waals surface area contributed by atoms with Gasteiger partial charge in [-0.05, 0) is 26.7 Å². The third-order valence-electron chi connectivity index (χ3n) is 6.91. The molecule has 0 amide bonds.